The molecular formula is C25H23N3O4S. The molecule has 0 spiro atoms. The number of benzene rings is 2. The first-order valence-corrected chi connectivity index (χ1v) is 11.9. The van der Waals surface area contributed by atoms with Crippen molar-refractivity contribution in [2.24, 2.45) is 0 Å². The van der Waals surface area contributed by atoms with Crippen LogP contribution in [0.15, 0.2) is 47.8 Å². The molecule has 0 saturated carbocycles. The Morgan fingerprint density at radius 1 is 1.00 bits per heavy atom. The van der Waals surface area contributed by atoms with Gasteiger partial charge in [0.25, 0.3) is 17.7 Å². The molecule has 168 valence electrons. The number of thiazole rings is 1. The largest absolute Gasteiger partial charge is 0.482 e. The summed E-state index contributed by atoms with van der Waals surface area (Å²) in [6, 6.07) is 12.6. The van der Waals surface area contributed by atoms with E-state index < -0.39 is 0 Å². The van der Waals surface area contributed by atoms with Crippen molar-refractivity contribution in [3.63, 3.8) is 0 Å². The zero-order valence-electron chi connectivity index (χ0n) is 18.2. The molecule has 5 rings (SSSR count). The third kappa shape index (κ3) is 3.91. The third-order valence-corrected chi connectivity index (χ3v) is 6.76. The van der Waals surface area contributed by atoms with Gasteiger partial charge in [0.05, 0.1) is 27.5 Å². The number of carbonyl (C=O) groups excluding carboxylic acids is 3. The van der Waals surface area contributed by atoms with Gasteiger partial charge in [-0.05, 0) is 49.6 Å². The monoisotopic (exact) mass is 461 g/mol. The van der Waals surface area contributed by atoms with Crippen molar-refractivity contribution in [2.45, 2.75) is 26.2 Å². The van der Waals surface area contributed by atoms with Crippen molar-refractivity contribution >= 4 is 34.7 Å². The van der Waals surface area contributed by atoms with E-state index >= 15 is 0 Å². The van der Waals surface area contributed by atoms with Gasteiger partial charge in [0, 0.05) is 24.0 Å². The average molecular weight is 462 g/mol. The molecule has 7 nitrogen and oxygen atoms in total. The van der Waals surface area contributed by atoms with Gasteiger partial charge in [0.1, 0.15) is 5.75 Å². The smallest absolute Gasteiger partial charge is 0.265 e. The molecule has 0 fully saturated rings. The quantitative estimate of drug-likeness (QED) is 0.494. The summed E-state index contributed by atoms with van der Waals surface area (Å²) in [6.07, 6.45) is 2.46. The Bertz CT molecular complexity index is 1220. The molecule has 0 saturated heterocycles. The number of rotatable bonds is 7. The number of hydrogen-bond acceptors (Lipinski definition) is 6. The first-order valence-electron chi connectivity index (χ1n) is 11.0. The first-order chi connectivity index (χ1) is 16.1. The molecule has 0 unspecified atom stereocenters. The van der Waals surface area contributed by atoms with Crippen LogP contribution in [0.1, 0.15) is 45.5 Å². The minimum Gasteiger partial charge on any atom is -0.482 e. The van der Waals surface area contributed by atoms with E-state index in [2.05, 4.69) is 6.92 Å². The molecule has 0 bridgehead atoms. The second kappa shape index (κ2) is 8.78. The van der Waals surface area contributed by atoms with Crippen LogP contribution in [0.3, 0.4) is 0 Å². The number of ether oxygens (including phenoxy) is 1. The predicted molar refractivity (Wildman–Crippen MR) is 126 cm³/mol. The van der Waals surface area contributed by atoms with Crippen LogP contribution in [0.25, 0.3) is 11.3 Å². The Kier molecular flexibility index (Phi) is 5.68. The van der Waals surface area contributed by atoms with Crippen LogP contribution >= 0.6 is 11.3 Å². The van der Waals surface area contributed by atoms with E-state index in [1.165, 1.54) is 4.90 Å². The highest BCUT2D eigenvalue weighted by molar-refractivity contribution is 7.09. The Hall–Kier alpha value is -3.52. The van der Waals surface area contributed by atoms with Gasteiger partial charge in [-0.1, -0.05) is 19.1 Å². The fourth-order valence-electron chi connectivity index (χ4n) is 4.21. The second-order valence-corrected chi connectivity index (χ2v) is 9.00. The zero-order chi connectivity index (χ0) is 22.9. The third-order valence-electron chi connectivity index (χ3n) is 5.85. The number of carbonyl (C=O) groups is 3. The standard InChI is InChI=1S/C25H23N3O4S/c1-2-6-22-26-19(15-33-22)16-9-10-21-20(13-16)27(23(29)14-32-21)11-5-12-28-24(30)17-7-3-4-8-18(17)25(28)31/h3-4,7-10,13,15H,2,5-6,11-12,14H2,1H3. The van der Waals surface area contributed by atoms with E-state index in [-0.39, 0.29) is 30.9 Å². The highest BCUT2D eigenvalue weighted by Gasteiger charge is 2.35. The maximum atomic E-state index is 12.7. The Morgan fingerprint density at radius 2 is 1.73 bits per heavy atom. The molecule has 0 radical (unpaired) electrons. The molecular weight excluding hydrogens is 438 g/mol. The molecule has 2 aromatic carbocycles. The number of aryl methyl sites for hydroxylation is 1. The van der Waals surface area contributed by atoms with Crippen LogP contribution in [0.5, 0.6) is 5.75 Å². The number of fused-ring (bicyclic) bond motifs is 2. The van der Waals surface area contributed by atoms with Gasteiger partial charge in [-0.2, -0.15) is 0 Å². The summed E-state index contributed by atoms with van der Waals surface area (Å²) in [7, 11) is 0. The average Bonchev–Trinajstić information content (AvgIpc) is 3.39. The molecule has 1 aromatic heterocycles. The fraction of sp³-hybridized carbons (Fsp3) is 0.280. The van der Waals surface area contributed by atoms with Gasteiger partial charge < -0.3 is 9.64 Å². The maximum Gasteiger partial charge on any atom is 0.265 e. The number of imide groups is 1. The second-order valence-electron chi connectivity index (χ2n) is 8.05. The summed E-state index contributed by atoms with van der Waals surface area (Å²) < 4.78 is 5.63. The summed E-state index contributed by atoms with van der Waals surface area (Å²) in [5.74, 6) is -0.0638. The van der Waals surface area contributed by atoms with Gasteiger partial charge in [0.2, 0.25) is 0 Å². The molecule has 3 amide bonds. The van der Waals surface area contributed by atoms with E-state index in [1.807, 2.05) is 23.6 Å². The highest BCUT2D eigenvalue weighted by atomic mass is 32.1. The Balaban J connectivity index is 1.32. The minimum atomic E-state index is -0.280. The van der Waals surface area contributed by atoms with Gasteiger partial charge in [-0.25, -0.2) is 4.98 Å². The van der Waals surface area contributed by atoms with E-state index in [9.17, 15) is 14.4 Å². The molecule has 8 heteroatoms. The molecule has 0 aliphatic carbocycles. The summed E-state index contributed by atoms with van der Waals surface area (Å²) in [6.45, 7) is 2.72. The summed E-state index contributed by atoms with van der Waals surface area (Å²) in [4.78, 5) is 45.5. The number of amides is 3. The first kappa shape index (κ1) is 21.3. The lowest BCUT2D eigenvalue weighted by Gasteiger charge is -2.30. The van der Waals surface area contributed by atoms with E-state index in [0.717, 1.165) is 29.1 Å². The SMILES string of the molecule is CCCc1nc(-c2ccc3c(c2)N(CCCN2C(=O)c4ccccc4C2=O)C(=O)CO3)cs1. The van der Waals surface area contributed by atoms with Crippen LogP contribution in [0.4, 0.5) is 5.69 Å². The topological polar surface area (TPSA) is 79.8 Å². The highest BCUT2D eigenvalue weighted by Crippen LogP contribution is 2.36. The Morgan fingerprint density at radius 3 is 2.45 bits per heavy atom. The number of aromatic nitrogens is 1. The summed E-state index contributed by atoms with van der Waals surface area (Å²) in [5, 5.41) is 3.13. The van der Waals surface area contributed by atoms with Crippen LogP contribution in [-0.4, -0.2) is 47.3 Å². The molecule has 2 aliphatic rings. The lowest BCUT2D eigenvalue weighted by Crippen LogP contribution is -2.41. The lowest BCUT2D eigenvalue weighted by atomic mass is 10.1. The number of nitrogens with zero attached hydrogens (tertiary/aromatic N) is 3. The van der Waals surface area contributed by atoms with Crippen LogP contribution in [0.2, 0.25) is 0 Å². The molecule has 0 N–H and O–H groups in total. The van der Waals surface area contributed by atoms with Crippen molar-refractivity contribution in [1.29, 1.82) is 0 Å². The van der Waals surface area contributed by atoms with Gasteiger partial charge in [0.15, 0.2) is 6.61 Å². The van der Waals surface area contributed by atoms with Gasteiger partial charge >= 0.3 is 0 Å². The normalized spacial score (nSPS) is 15.0. The Labute approximate surface area is 195 Å². The molecule has 0 atom stereocenters. The van der Waals surface area contributed by atoms with Gasteiger partial charge in [-0.15, -0.1) is 11.3 Å². The van der Waals surface area contributed by atoms with E-state index in [1.54, 1.807) is 40.5 Å². The van der Waals surface area contributed by atoms with Crippen LogP contribution in [-0.2, 0) is 11.2 Å². The molecule has 3 heterocycles. The minimum absolute atomic E-state index is 0.0310. The van der Waals surface area contributed by atoms with Crippen molar-refractivity contribution < 1.29 is 19.1 Å². The van der Waals surface area contributed by atoms with Crippen LogP contribution < -0.4 is 9.64 Å². The maximum absolute atomic E-state index is 12.7. The predicted octanol–water partition coefficient (Wildman–Crippen LogP) is 4.17. The van der Waals surface area contributed by atoms with Crippen molar-refractivity contribution in [1.82, 2.24) is 9.88 Å². The lowest BCUT2D eigenvalue weighted by molar-refractivity contribution is -0.121. The molecule has 2 aliphatic heterocycles. The molecule has 33 heavy (non-hydrogen) atoms. The zero-order valence-corrected chi connectivity index (χ0v) is 19.1. The number of anilines is 1. The summed E-state index contributed by atoms with van der Waals surface area (Å²) in [5.41, 5.74) is 3.37. The van der Waals surface area contributed by atoms with Crippen LogP contribution in [0, 0.1) is 0 Å². The summed E-state index contributed by atoms with van der Waals surface area (Å²) >= 11 is 1.64. The van der Waals surface area contributed by atoms with Crippen molar-refractivity contribution in [3.8, 4) is 17.0 Å². The number of hydrogen-bond donors (Lipinski definition) is 0. The fourth-order valence-corrected chi connectivity index (χ4v) is 5.12. The van der Waals surface area contributed by atoms with Gasteiger partial charge in [-0.3, -0.25) is 19.3 Å². The van der Waals surface area contributed by atoms with Crippen molar-refractivity contribution in [3.05, 3.63) is 64.0 Å². The van der Waals surface area contributed by atoms with E-state index in [0.29, 0.717) is 35.5 Å². The van der Waals surface area contributed by atoms with E-state index in [4.69, 9.17) is 9.72 Å². The molecule has 3 aromatic rings. The van der Waals surface area contributed by atoms with Crippen molar-refractivity contribution in [2.75, 3.05) is 24.6 Å².